The third-order valence-corrected chi connectivity index (χ3v) is 17.7. The highest BCUT2D eigenvalue weighted by molar-refractivity contribution is 8.00. The van der Waals surface area contributed by atoms with E-state index in [1.165, 1.54) is 17.1 Å². The topological polar surface area (TPSA) is 119 Å². The quantitative estimate of drug-likeness (QED) is 0.0630. The van der Waals surface area contributed by atoms with Crippen LogP contribution in [-0.2, 0) is 34.7 Å². The largest absolute Gasteiger partial charge is 0.384 e. The Morgan fingerprint density at radius 3 is 2.47 bits per heavy atom. The molecule has 0 saturated carbocycles. The third kappa shape index (κ3) is 10.0. The summed E-state index contributed by atoms with van der Waals surface area (Å²) in [4.78, 5) is 23.6. The smallest absolute Gasteiger partial charge is 0.380 e. The van der Waals surface area contributed by atoms with Gasteiger partial charge in [0.05, 0.1) is 25.4 Å². The van der Waals surface area contributed by atoms with Crippen LogP contribution in [0.1, 0.15) is 108 Å². The molecule has 288 valence electrons. The molecule has 9 atom stereocenters. The molecule has 2 aromatic rings. The Kier molecular flexibility index (Phi) is 15.6. The fraction of sp³-hybridized carbons (Fsp3) is 0.806. The van der Waals surface area contributed by atoms with Crippen LogP contribution >= 0.6 is 20.1 Å². The number of thioether (sulfide) groups is 1. The van der Waals surface area contributed by atoms with Crippen molar-refractivity contribution in [1.82, 2.24) is 14.1 Å². The molecular formula is C36H60FN4O7PSSi. The lowest BCUT2D eigenvalue weighted by molar-refractivity contribution is -0.242. The average molecular weight is 771 g/mol. The summed E-state index contributed by atoms with van der Waals surface area (Å²) in [6.07, 6.45) is 3.67. The first kappa shape index (κ1) is 42.3. The number of nitrogens with zero attached hydrogens (tertiary/aromatic N) is 4. The summed E-state index contributed by atoms with van der Waals surface area (Å²) in [5.41, 5.74) is -0.182. The van der Waals surface area contributed by atoms with Gasteiger partial charge in [0.25, 0.3) is 5.56 Å². The second-order valence-electron chi connectivity index (χ2n) is 15.5. The lowest BCUT2D eigenvalue weighted by atomic mass is 10.0. The summed E-state index contributed by atoms with van der Waals surface area (Å²) < 4.78 is 52.4. The Morgan fingerprint density at radius 1 is 1.12 bits per heavy atom. The molecule has 0 N–H and O–H groups in total. The molecule has 4 heterocycles. The van der Waals surface area contributed by atoms with Crippen LogP contribution in [0.25, 0.3) is 11.0 Å². The van der Waals surface area contributed by atoms with Gasteiger partial charge in [-0.2, -0.15) is 17.0 Å². The van der Waals surface area contributed by atoms with E-state index in [1.54, 1.807) is 11.6 Å². The number of hydrogen-bond donors (Lipinski definition) is 0. The molecule has 2 aliphatic heterocycles. The third-order valence-electron chi connectivity index (χ3n) is 9.89. The van der Waals surface area contributed by atoms with Crippen molar-refractivity contribution in [3.05, 3.63) is 28.7 Å². The number of rotatable bonds is 18. The van der Waals surface area contributed by atoms with E-state index in [-0.39, 0.29) is 53.3 Å². The molecule has 2 fully saturated rings. The van der Waals surface area contributed by atoms with Crippen LogP contribution in [-0.4, -0.2) is 70.4 Å². The lowest BCUT2D eigenvalue weighted by Crippen LogP contribution is -2.53. The monoisotopic (exact) mass is 770 g/mol. The van der Waals surface area contributed by atoms with Crippen LogP contribution in [0.5, 0.6) is 0 Å². The highest BCUT2D eigenvalue weighted by atomic mass is 32.2. The van der Waals surface area contributed by atoms with Gasteiger partial charge in [-0.25, -0.2) is 14.3 Å². The molecule has 0 bridgehead atoms. The van der Waals surface area contributed by atoms with Crippen molar-refractivity contribution in [3.8, 4) is 6.07 Å². The van der Waals surface area contributed by atoms with E-state index in [9.17, 15) is 10.1 Å². The second-order valence-corrected chi connectivity index (χ2v) is 23.2. The van der Waals surface area contributed by atoms with Crippen molar-refractivity contribution in [2.45, 2.75) is 153 Å². The van der Waals surface area contributed by atoms with Crippen molar-refractivity contribution < 1.29 is 32.1 Å². The number of hydrogen-bond acceptors (Lipinski definition) is 10. The van der Waals surface area contributed by atoms with Crippen molar-refractivity contribution in [3.63, 3.8) is 0 Å². The molecule has 0 amide bonds. The molecule has 15 heteroatoms. The summed E-state index contributed by atoms with van der Waals surface area (Å²) in [5, 5.41) is 10.3. The summed E-state index contributed by atoms with van der Waals surface area (Å²) in [6, 6.07) is 2.19. The number of fused-ring (bicyclic) bond motifs is 2. The van der Waals surface area contributed by atoms with Crippen LogP contribution in [0.2, 0.25) is 11.1 Å². The van der Waals surface area contributed by atoms with Gasteiger partial charge in [-0.05, 0) is 41.9 Å². The van der Waals surface area contributed by atoms with Gasteiger partial charge < -0.3 is 27.3 Å². The van der Waals surface area contributed by atoms with Gasteiger partial charge in [-0.1, -0.05) is 75.7 Å². The zero-order valence-electron chi connectivity index (χ0n) is 32.3. The number of nitriles is 1. The number of aryl methyl sites for hydroxylation is 1. The molecule has 2 saturated heterocycles. The fourth-order valence-corrected chi connectivity index (χ4v) is 13.8. The van der Waals surface area contributed by atoms with E-state index in [0.29, 0.717) is 16.4 Å². The molecule has 0 aliphatic carbocycles. The maximum atomic E-state index is 15.6. The zero-order valence-corrected chi connectivity index (χ0v) is 35.0. The van der Waals surface area contributed by atoms with Crippen LogP contribution in [0, 0.1) is 29.0 Å². The summed E-state index contributed by atoms with van der Waals surface area (Å²) in [6.45, 7) is 22.2. The van der Waals surface area contributed by atoms with Crippen LogP contribution in [0.15, 0.2) is 17.3 Å². The van der Waals surface area contributed by atoms with Gasteiger partial charge in [0.15, 0.2) is 26.1 Å². The summed E-state index contributed by atoms with van der Waals surface area (Å²) in [5.74, 6) is 0.0167. The lowest BCUT2D eigenvalue weighted by Gasteiger charge is -2.40. The Bertz CT molecular complexity index is 1520. The minimum Gasteiger partial charge on any atom is -0.384 e. The molecule has 4 rings (SSSR count). The standard InChI is InChI=1S/C36H60FN4O7PSSi/c1-22(2)13-16-30(23(3)4)49(44-18-12-17-38)46-33-32-29(45-36(33)41-19-28(37)31-34(41)39-21-40(11)35(31)42)20-43-48-51(47-32,25(7)8)27(10)15-14-26(9)50-24(5)6/h19,21-27,29-30,32-33,36H,12-16,18,20H2,1-11H3/t26?,27?,29-,30?,32+,33?,36-,49?,51?/m1/s1. The molecule has 0 radical (unpaired) electrons. The van der Waals surface area contributed by atoms with E-state index >= 15 is 4.39 Å². The van der Waals surface area contributed by atoms with Gasteiger partial charge in [0.2, 0.25) is 0 Å². The minimum absolute atomic E-state index is 0.0244. The first-order valence-corrected chi connectivity index (χ1v) is 22.7. The predicted octanol–water partition coefficient (Wildman–Crippen LogP) is 8.76. The second kappa shape index (κ2) is 18.8. The Morgan fingerprint density at radius 2 is 1.84 bits per heavy atom. The Balaban J connectivity index is 1.80. The highest BCUT2D eigenvalue weighted by Gasteiger charge is 2.59. The SMILES string of the molecule is CC(C)CCC(C(C)C)P(OCCC#N)OC1[C@H]2O[Si](C(C)C)(C(C)CCC(C)SC(C)C)OOC[C@H]2O[C@H]1n1cc(F)c2c(=O)n(C)cnc21. The Labute approximate surface area is 310 Å². The van der Waals surface area contributed by atoms with Crippen molar-refractivity contribution in [2.75, 3.05) is 13.2 Å². The van der Waals surface area contributed by atoms with E-state index in [2.05, 4.69) is 80.3 Å². The van der Waals surface area contributed by atoms with Gasteiger partial charge >= 0.3 is 8.56 Å². The number of halogens is 1. The van der Waals surface area contributed by atoms with Crippen LogP contribution < -0.4 is 5.56 Å². The summed E-state index contributed by atoms with van der Waals surface area (Å²) >= 11 is 1.97. The molecule has 11 nitrogen and oxygen atoms in total. The van der Waals surface area contributed by atoms with Crippen molar-refractivity contribution >= 4 is 39.7 Å². The van der Waals surface area contributed by atoms with E-state index in [0.717, 1.165) is 25.7 Å². The molecule has 0 spiro atoms. The van der Waals surface area contributed by atoms with Crippen LogP contribution in [0.4, 0.5) is 4.39 Å². The van der Waals surface area contributed by atoms with Crippen molar-refractivity contribution in [2.24, 2.45) is 18.9 Å². The fourth-order valence-electron chi connectivity index (χ4n) is 7.03. The van der Waals surface area contributed by atoms with Gasteiger partial charge in [-0.3, -0.25) is 9.37 Å². The van der Waals surface area contributed by atoms with E-state index in [1.807, 2.05) is 11.8 Å². The average Bonchev–Trinajstić information content (AvgIpc) is 3.48. The number of aromatic nitrogens is 3. The normalized spacial score (nSPS) is 26.5. The number of ether oxygens (including phenoxy) is 1. The predicted molar refractivity (Wildman–Crippen MR) is 203 cm³/mol. The van der Waals surface area contributed by atoms with E-state index < -0.39 is 52.9 Å². The summed E-state index contributed by atoms with van der Waals surface area (Å²) in [7, 11) is -3.16. The van der Waals surface area contributed by atoms with Crippen molar-refractivity contribution in [1.29, 1.82) is 5.26 Å². The Hall–Kier alpha value is -1.40. The molecule has 0 aromatic carbocycles. The zero-order chi connectivity index (χ0) is 37.6. The van der Waals surface area contributed by atoms with Gasteiger partial charge in [-0.15, -0.1) is 0 Å². The minimum atomic E-state index is -3.13. The van der Waals surface area contributed by atoms with Crippen LogP contribution in [0.3, 0.4) is 0 Å². The first-order valence-electron chi connectivity index (χ1n) is 18.6. The van der Waals surface area contributed by atoms with Gasteiger partial charge in [0, 0.05) is 29.7 Å². The van der Waals surface area contributed by atoms with E-state index in [4.69, 9.17) is 27.7 Å². The molecule has 2 aromatic heterocycles. The molecule has 51 heavy (non-hydrogen) atoms. The maximum absolute atomic E-state index is 15.6. The molecule has 2 aliphatic rings. The van der Waals surface area contributed by atoms with Gasteiger partial charge in [0.1, 0.15) is 30.3 Å². The molecule has 6 unspecified atom stereocenters. The maximum Gasteiger partial charge on any atom is 0.380 e. The molecular weight excluding hydrogens is 711 g/mol. The first-order chi connectivity index (χ1) is 24.1. The highest BCUT2D eigenvalue weighted by Crippen LogP contribution is 2.55.